The van der Waals surface area contributed by atoms with Crippen LogP contribution in [-0.2, 0) is 0 Å². The maximum Gasteiger partial charge on any atom is 0.200 e. The summed E-state index contributed by atoms with van der Waals surface area (Å²) in [5.74, 6) is -0.0158. The van der Waals surface area contributed by atoms with Crippen molar-refractivity contribution >= 4 is 0 Å². The molecule has 0 saturated carbocycles. The first-order chi connectivity index (χ1) is 6.15. The maximum absolute atomic E-state index is 9.37. The SMILES string of the molecule is CCC(C)Oc1cccc(O)c1O. The van der Waals surface area contributed by atoms with Crippen LogP contribution in [0.4, 0.5) is 0 Å². The van der Waals surface area contributed by atoms with Gasteiger partial charge in [-0.25, -0.2) is 0 Å². The molecule has 0 fully saturated rings. The molecule has 1 aromatic carbocycles. The summed E-state index contributed by atoms with van der Waals surface area (Å²) in [5.41, 5.74) is 0. The third-order valence-electron chi connectivity index (χ3n) is 1.88. The Morgan fingerprint density at radius 2 is 2.08 bits per heavy atom. The number of aromatic hydroxyl groups is 2. The normalized spacial score (nSPS) is 12.5. The van der Waals surface area contributed by atoms with E-state index in [2.05, 4.69) is 0 Å². The molecule has 0 radical (unpaired) electrons. The van der Waals surface area contributed by atoms with Gasteiger partial charge in [-0.2, -0.15) is 0 Å². The van der Waals surface area contributed by atoms with Gasteiger partial charge in [0, 0.05) is 0 Å². The van der Waals surface area contributed by atoms with Gasteiger partial charge in [-0.1, -0.05) is 13.0 Å². The number of phenols is 2. The van der Waals surface area contributed by atoms with E-state index in [0.717, 1.165) is 6.42 Å². The van der Waals surface area contributed by atoms with Crippen molar-refractivity contribution in [3.8, 4) is 17.2 Å². The topological polar surface area (TPSA) is 49.7 Å². The highest BCUT2D eigenvalue weighted by Crippen LogP contribution is 2.35. The summed E-state index contributed by atoms with van der Waals surface area (Å²) in [7, 11) is 0. The first kappa shape index (κ1) is 9.71. The summed E-state index contributed by atoms with van der Waals surface area (Å²) in [6.07, 6.45) is 0.891. The van der Waals surface area contributed by atoms with Crippen LogP contribution in [-0.4, -0.2) is 16.3 Å². The Bertz CT molecular complexity index is 283. The number of hydrogen-bond acceptors (Lipinski definition) is 3. The Balaban J connectivity index is 2.83. The van der Waals surface area contributed by atoms with E-state index in [-0.39, 0.29) is 17.6 Å². The van der Waals surface area contributed by atoms with Crippen LogP contribution in [0.25, 0.3) is 0 Å². The van der Waals surface area contributed by atoms with E-state index >= 15 is 0 Å². The monoisotopic (exact) mass is 182 g/mol. The van der Waals surface area contributed by atoms with Gasteiger partial charge in [0.1, 0.15) is 0 Å². The Hall–Kier alpha value is -1.38. The molecular formula is C10H14O3. The van der Waals surface area contributed by atoms with Crippen molar-refractivity contribution in [2.45, 2.75) is 26.4 Å². The minimum atomic E-state index is -0.192. The third-order valence-corrected chi connectivity index (χ3v) is 1.88. The highest BCUT2D eigenvalue weighted by atomic mass is 16.5. The molecular weight excluding hydrogens is 168 g/mol. The van der Waals surface area contributed by atoms with Crippen LogP contribution in [0.5, 0.6) is 17.2 Å². The van der Waals surface area contributed by atoms with E-state index in [1.807, 2.05) is 13.8 Å². The molecule has 0 heterocycles. The smallest absolute Gasteiger partial charge is 0.200 e. The molecule has 72 valence electrons. The van der Waals surface area contributed by atoms with Gasteiger partial charge in [-0.3, -0.25) is 0 Å². The molecule has 1 atom stereocenters. The fraction of sp³-hybridized carbons (Fsp3) is 0.400. The molecule has 0 aromatic heterocycles. The minimum Gasteiger partial charge on any atom is -0.504 e. The minimum absolute atomic E-state index is 0.0349. The predicted octanol–water partition coefficient (Wildman–Crippen LogP) is 2.28. The lowest BCUT2D eigenvalue weighted by molar-refractivity contribution is 0.207. The van der Waals surface area contributed by atoms with Crippen molar-refractivity contribution in [2.24, 2.45) is 0 Å². The average molecular weight is 182 g/mol. The molecule has 0 aliphatic carbocycles. The van der Waals surface area contributed by atoms with E-state index in [4.69, 9.17) is 9.84 Å². The lowest BCUT2D eigenvalue weighted by Crippen LogP contribution is -2.09. The van der Waals surface area contributed by atoms with E-state index < -0.39 is 0 Å². The lowest BCUT2D eigenvalue weighted by atomic mass is 10.2. The van der Waals surface area contributed by atoms with E-state index in [9.17, 15) is 5.11 Å². The van der Waals surface area contributed by atoms with Crippen molar-refractivity contribution in [2.75, 3.05) is 0 Å². The summed E-state index contributed by atoms with van der Waals surface area (Å²) in [4.78, 5) is 0. The zero-order chi connectivity index (χ0) is 9.84. The fourth-order valence-electron chi connectivity index (χ4n) is 0.906. The molecule has 0 aliphatic heterocycles. The zero-order valence-corrected chi connectivity index (χ0v) is 7.82. The molecule has 2 N–H and O–H groups in total. The maximum atomic E-state index is 9.37. The molecule has 0 spiro atoms. The van der Waals surface area contributed by atoms with Crippen molar-refractivity contribution in [1.82, 2.24) is 0 Å². The Morgan fingerprint density at radius 3 is 2.69 bits per heavy atom. The van der Waals surface area contributed by atoms with Crippen LogP contribution in [0.1, 0.15) is 20.3 Å². The van der Waals surface area contributed by atoms with Gasteiger partial charge in [-0.05, 0) is 25.5 Å². The first-order valence-electron chi connectivity index (χ1n) is 4.32. The Morgan fingerprint density at radius 1 is 1.38 bits per heavy atom. The number of ether oxygens (including phenoxy) is 1. The van der Waals surface area contributed by atoms with Gasteiger partial charge in [-0.15, -0.1) is 0 Å². The highest BCUT2D eigenvalue weighted by Gasteiger charge is 2.08. The van der Waals surface area contributed by atoms with Crippen LogP contribution < -0.4 is 4.74 Å². The van der Waals surface area contributed by atoms with Crippen molar-refractivity contribution in [1.29, 1.82) is 0 Å². The summed E-state index contributed by atoms with van der Waals surface area (Å²) in [5, 5.41) is 18.5. The van der Waals surface area contributed by atoms with Crippen LogP contribution in [0.15, 0.2) is 18.2 Å². The van der Waals surface area contributed by atoms with Gasteiger partial charge in [0.25, 0.3) is 0 Å². The third kappa shape index (κ3) is 2.28. The van der Waals surface area contributed by atoms with Crippen LogP contribution >= 0.6 is 0 Å². The molecule has 0 aliphatic rings. The summed E-state index contributed by atoms with van der Waals surface area (Å²) in [6, 6.07) is 4.67. The summed E-state index contributed by atoms with van der Waals surface area (Å²) >= 11 is 0. The fourth-order valence-corrected chi connectivity index (χ4v) is 0.906. The predicted molar refractivity (Wildman–Crippen MR) is 50.2 cm³/mol. The van der Waals surface area contributed by atoms with E-state index in [1.54, 1.807) is 12.1 Å². The second-order valence-corrected chi connectivity index (χ2v) is 2.96. The Kier molecular flexibility index (Phi) is 3.01. The summed E-state index contributed by atoms with van der Waals surface area (Å²) < 4.78 is 5.37. The van der Waals surface area contributed by atoms with Crippen LogP contribution in [0, 0.1) is 0 Å². The molecule has 3 nitrogen and oxygen atoms in total. The molecule has 1 aromatic rings. The lowest BCUT2D eigenvalue weighted by Gasteiger charge is -2.13. The summed E-state index contributed by atoms with van der Waals surface area (Å²) in [6.45, 7) is 3.90. The quantitative estimate of drug-likeness (QED) is 0.705. The highest BCUT2D eigenvalue weighted by molar-refractivity contribution is 5.48. The molecule has 3 heteroatoms. The van der Waals surface area contributed by atoms with Crippen molar-refractivity contribution in [3.05, 3.63) is 18.2 Å². The molecule has 0 saturated heterocycles. The van der Waals surface area contributed by atoms with Gasteiger partial charge in [0.15, 0.2) is 11.5 Å². The molecule has 0 bridgehead atoms. The van der Waals surface area contributed by atoms with Gasteiger partial charge >= 0.3 is 0 Å². The van der Waals surface area contributed by atoms with Crippen LogP contribution in [0.2, 0.25) is 0 Å². The molecule has 13 heavy (non-hydrogen) atoms. The Labute approximate surface area is 77.6 Å². The second-order valence-electron chi connectivity index (χ2n) is 2.96. The number of para-hydroxylation sites is 1. The van der Waals surface area contributed by atoms with Crippen molar-refractivity contribution < 1.29 is 14.9 Å². The van der Waals surface area contributed by atoms with Crippen LogP contribution in [0.3, 0.4) is 0 Å². The van der Waals surface area contributed by atoms with E-state index in [1.165, 1.54) is 6.07 Å². The van der Waals surface area contributed by atoms with Crippen molar-refractivity contribution in [3.63, 3.8) is 0 Å². The molecule has 1 unspecified atom stereocenters. The largest absolute Gasteiger partial charge is 0.504 e. The zero-order valence-electron chi connectivity index (χ0n) is 7.82. The molecule has 0 amide bonds. The van der Waals surface area contributed by atoms with Gasteiger partial charge in [0.2, 0.25) is 5.75 Å². The standard InChI is InChI=1S/C10H14O3/c1-3-7(2)13-9-6-4-5-8(11)10(9)12/h4-7,11-12H,3H2,1-2H3. The van der Waals surface area contributed by atoms with E-state index in [0.29, 0.717) is 5.75 Å². The van der Waals surface area contributed by atoms with Gasteiger partial charge in [0.05, 0.1) is 6.10 Å². The first-order valence-corrected chi connectivity index (χ1v) is 4.32. The number of rotatable bonds is 3. The van der Waals surface area contributed by atoms with Gasteiger partial charge < -0.3 is 14.9 Å². The second kappa shape index (κ2) is 4.03. The number of hydrogen-bond donors (Lipinski definition) is 2. The molecule has 1 rings (SSSR count). The average Bonchev–Trinajstić information content (AvgIpc) is 2.13. The number of phenolic OH excluding ortho intramolecular Hbond substituents is 2. The number of benzene rings is 1.